The molecule has 7 heteroatoms. The summed E-state index contributed by atoms with van der Waals surface area (Å²) in [5, 5.41) is 11.6. The molecule has 0 radical (unpaired) electrons. The summed E-state index contributed by atoms with van der Waals surface area (Å²) in [6.07, 6.45) is 0.766. The molecule has 2 rings (SSSR count). The second-order valence-corrected chi connectivity index (χ2v) is 6.21. The van der Waals surface area contributed by atoms with Crippen molar-refractivity contribution in [3.05, 3.63) is 29.8 Å². The van der Waals surface area contributed by atoms with Gasteiger partial charge in [0.2, 0.25) is 18.2 Å². The summed E-state index contributed by atoms with van der Waals surface area (Å²) in [6, 6.07) is 8.54. The highest BCUT2D eigenvalue weighted by Crippen LogP contribution is 2.23. The van der Waals surface area contributed by atoms with Crippen molar-refractivity contribution < 1.29 is 14.4 Å². The van der Waals surface area contributed by atoms with Gasteiger partial charge in [-0.1, -0.05) is 6.07 Å². The zero-order valence-electron chi connectivity index (χ0n) is 13.8. The Labute approximate surface area is 140 Å². The van der Waals surface area contributed by atoms with Crippen LogP contribution in [0.2, 0.25) is 0 Å². The van der Waals surface area contributed by atoms with Gasteiger partial charge in [0.25, 0.3) is 0 Å². The van der Waals surface area contributed by atoms with E-state index in [0.29, 0.717) is 37.4 Å². The molecule has 7 nitrogen and oxygen atoms in total. The molecule has 24 heavy (non-hydrogen) atoms. The van der Waals surface area contributed by atoms with Crippen LogP contribution in [0.4, 0.5) is 5.69 Å². The van der Waals surface area contributed by atoms with Crippen LogP contribution in [-0.4, -0.2) is 54.2 Å². The maximum absolute atomic E-state index is 12.7. The average Bonchev–Trinajstić information content (AvgIpc) is 2.61. The number of nitrogens with zero attached hydrogens (tertiary/aromatic N) is 3. The quantitative estimate of drug-likeness (QED) is 0.654. The molecule has 1 aromatic carbocycles. The van der Waals surface area contributed by atoms with E-state index in [1.54, 1.807) is 47.9 Å². The second kappa shape index (κ2) is 7.13. The van der Waals surface area contributed by atoms with Crippen LogP contribution in [0, 0.1) is 16.7 Å². The smallest absolute Gasteiger partial charge is 0.239 e. The van der Waals surface area contributed by atoms with E-state index in [2.05, 4.69) is 5.32 Å². The number of rotatable bonds is 4. The van der Waals surface area contributed by atoms with Crippen molar-refractivity contribution in [2.75, 3.05) is 31.5 Å². The minimum absolute atomic E-state index is 0.276. The van der Waals surface area contributed by atoms with E-state index >= 15 is 0 Å². The molecule has 1 N–H and O–H groups in total. The van der Waals surface area contributed by atoms with Crippen molar-refractivity contribution in [2.24, 2.45) is 5.41 Å². The van der Waals surface area contributed by atoms with Gasteiger partial charge in [0.05, 0.1) is 11.6 Å². The van der Waals surface area contributed by atoms with Crippen molar-refractivity contribution in [1.29, 1.82) is 5.26 Å². The Morgan fingerprint density at radius 2 is 1.92 bits per heavy atom. The van der Waals surface area contributed by atoms with Crippen LogP contribution in [0.5, 0.6) is 0 Å². The predicted molar refractivity (Wildman–Crippen MR) is 87.8 cm³/mol. The van der Waals surface area contributed by atoms with Gasteiger partial charge in [-0.2, -0.15) is 5.26 Å². The SMILES string of the molecule is CC(C)(C(=O)Nc1cccc(C#N)c1)C(=O)N1CCN(C=O)CC1. The van der Waals surface area contributed by atoms with Gasteiger partial charge in [-0.15, -0.1) is 0 Å². The molecule has 126 valence electrons. The Kier molecular flexibility index (Phi) is 5.19. The lowest BCUT2D eigenvalue weighted by molar-refractivity contribution is -0.148. The Balaban J connectivity index is 2.05. The lowest BCUT2D eigenvalue weighted by Crippen LogP contribution is -2.54. The van der Waals surface area contributed by atoms with E-state index in [9.17, 15) is 14.4 Å². The summed E-state index contributed by atoms with van der Waals surface area (Å²) in [6.45, 7) is 4.92. The van der Waals surface area contributed by atoms with Crippen LogP contribution >= 0.6 is 0 Å². The third-order valence-corrected chi connectivity index (χ3v) is 4.10. The molecule has 0 spiro atoms. The van der Waals surface area contributed by atoms with Gasteiger partial charge in [0.15, 0.2) is 0 Å². The van der Waals surface area contributed by atoms with Crippen LogP contribution < -0.4 is 5.32 Å². The van der Waals surface area contributed by atoms with E-state index < -0.39 is 11.3 Å². The van der Waals surface area contributed by atoms with Gasteiger partial charge in [-0.3, -0.25) is 14.4 Å². The van der Waals surface area contributed by atoms with Crippen LogP contribution in [0.25, 0.3) is 0 Å². The van der Waals surface area contributed by atoms with Crippen molar-refractivity contribution >= 4 is 23.9 Å². The molecule has 0 unspecified atom stereocenters. The molecule has 0 bridgehead atoms. The molecule has 1 fully saturated rings. The van der Waals surface area contributed by atoms with Crippen molar-refractivity contribution in [3.63, 3.8) is 0 Å². The monoisotopic (exact) mass is 328 g/mol. The maximum Gasteiger partial charge on any atom is 0.239 e. The highest BCUT2D eigenvalue weighted by Gasteiger charge is 2.40. The predicted octanol–water partition coefficient (Wildman–Crippen LogP) is 0.824. The first-order chi connectivity index (χ1) is 11.4. The Morgan fingerprint density at radius 1 is 1.25 bits per heavy atom. The molecule has 0 saturated carbocycles. The third-order valence-electron chi connectivity index (χ3n) is 4.10. The number of hydrogen-bond acceptors (Lipinski definition) is 4. The number of anilines is 1. The third kappa shape index (κ3) is 3.71. The summed E-state index contributed by atoms with van der Waals surface area (Å²) in [5.74, 6) is -0.706. The van der Waals surface area contributed by atoms with Crippen LogP contribution in [0.1, 0.15) is 19.4 Å². The number of piperazine rings is 1. The van der Waals surface area contributed by atoms with E-state index in [-0.39, 0.29) is 5.91 Å². The number of amides is 3. The highest BCUT2D eigenvalue weighted by molar-refractivity contribution is 6.09. The first kappa shape index (κ1) is 17.5. The van der Waals surface area contributed by atoms with Crippen LogP contribution in [-0.2, 0) is 14.4 Å². The number of benzene rings is 1. The second-order valence-electron chi connectivity index (χ2n) is 6.21. The molecule has 0 aromatic heterocycles. The summed E-state index contributed by atoms with van der Waals surface area (Å²) in [7, 11) is 0. The average molecular weight is 328 g/mol. The first-order valence-electron chi connectivity index (χ1n) is 7.69. The lowest BCUT2D eigenvalue weighted by Gasteiger charge is -2.36. The number of nitrogens with one attached hydrogen (secondary N) is 1. The normalized spacial score (nSPS) is 14.7. The van der Waals surface area contributed by atoms with Gasteiger partial charge in [-0.25, -0.2) is 0 Å². The summed E-state index contributed by atoms with van der Waals surface area (Å²) >= 11 is 0. The summed E-state index contributed by atoms with van der Waals surface area (Å²) < 4.78 is 0. The van der Waals surface area contributed by atoms with Crippen molar-refractivity contribution in [3.8, 4) is 6.07 Å². The molecule has 3 amide bonds. The fourth-order valence-electron chi connectivity index (χ4n) is 2.48. The fraction of sp³-hybridized carbons (Fsp3) is 0.412. The summed E-state index contributed by atoms with van der Waals surface area (Å²) in [4.78, 5) is 39.1. The largest absolute Gasteiger partial charge is 0.342 e. The van der Waals surface area contributed by atoms with Crippen molar-refractivity contribution in [2.45, 2.75) is 13.8 Å². The molecule has 1 heterocycles. The number of carbonyl (C=O) groups excluding carboxylic acids is 3. The van der Waals surface area contributed by atoms with Crippen LogP contribution in [0.15, 0.2) is 24.3 Å². The minimum Gasteiger partial charge on any atom is -0.342 e. The van der Waals surface area contributed by atoms with E-state index in [1.165, 1.54) is 0 Å². The first-order valence-corrected chi connectivity index (χ1v) is 7.69. The number of carbonyl (C=O) groups is 3. The fourth-order valence-corrected chi connectivity index (χ4v) is 2.48. The topological polar surface area (TPSA) is 93.5 Å². The van der Waals surface area contributed by atoms with E-state index in [1.807, 2.05) is 6.07 Å². The van der Waals surface area contributed by atoms with Gasteiger partial charge in [-0.05, 0) is 32.0 Å². The standard InChI is InChI=1S/C17H20N4O3/c1-17(2,16(24)21-8-6-20(12-22)7-9-21)15(23)19-14-5-3-4-13(10-14)11-18/h3-5,10,12H,6-9H2,1-2H3,(H,19,23). The maximum atomic E-state index is 12.7. The van der Waals surface area contributed by atoms with E-state index in [0.717, 1.165) is 6.41 Å². The number of hydrogen-bond donors (Lipinski definition) is 1. The Bertz CT molecular complexity index is 685. The molecule has 1 aliphatic heterocycles. The zero-order chi connectivity index (χ0) is 17.7. The lowest BCUT2D eigenvalue weighted by atomic mass is 9.89. The zero-order valence-corrected chi connectivity index (χ0v) is 13.8. The molecule has 1 aromatic rings. The van der Waals surface area contributed by atoms with E-state index in [4.69, 9.17) is 5.26 Å². The molecule has 1 aliphatic rings. The molecule has 0 atom stereocenters. The van der Waals surface area contributed by atoms with Gasteiger partial charge in [0, 0.05) is 31.9 Å². The van der Waals surface area contributed by atoms with Crippen LogP contribution in [0.3, 0.4) is 0 Å². The highest BCUT2D eigenvalue weighted by atomic mass is 16.2. The molecule has 1 saturated heterocycles. The minimum atomic E-state index is -1.24. The molecular weight excluding hydrogens is 308 g/mol. The Hall–Kier alpha value is -2.88. The van der Waals surface area contributed by atoms with Gasteiger partial charge >= 0.3 is 0 Å². The Morgan fingerprint density at radius 3 is 2.50 bits per heavy atom. The molecular formula is C17H20N4O3. The van der Waals surface area contributed by atoms with Crippen molar-refractivity contribution in [1.82, 2.24) is 9.80 Å². The number of nitriles is 1. The van der Waals surface area contributed by atoms with Gasteiger partial charge < -0.3 is 15.1 Å². The van der Waals surface area contributed by atoms with Gasteiger partial charge in [0.1, 0.15) is 5.41 Å². The summed E-state index contributed by atoms with van der Waals surface area (Å²) in [5.41, 5.74) is -0.334. The molecule has 0 aliphatic carbocycles.